The third-order valence-corrected chi connectivity index (χ3v) is 3.14. The number of nitrogens with one attached hydrogen (secondary N) is 1. The number of ether oxygens (including phenoxy) is 2. The Morgan fingerprint density at radius 3 is 2.32 bits per heavy atom. The van der Waals surface area contributed by atoms with Gasteiger partial charge in [-0.3, -0.25) is 4.79 Å². The lowest BCUT2D eigenvalue weighted by Gasteiger charge is -2.19. The Bertz CT molecular complexity index is 482. The van der Waals surface area contributed by atoms with Crippen molar-refractivity contribution in [3.05, 3.63) is 29.8 Å². The number of carbonyl (C=O) groups excluding carboxylic acids is 2. The quantitative estimate of drug-likeness (QED) is 0.749. The number of hydrogen-bond acceptors (Lipinski definition) is 4. The van der Waals surface area contributed by atoms with Gasteiger partial charge < -0.3 is 14.8 Å². The summed E-state index contributed by atoms with van der Waals surface area (Å²) in [5.41, 5.74) is 0.866. The van der Waals surface area contributed by atoms with Crippen molar-refractivity contribution in [1.29, 1.82) is 0 Å². The van der Waals surface area contributed by atoms with Crippen LogP contribution in [0.1, 0.15) is 32.8 Å². The van der Waals surface area contributed by atoms with Crippen molar-refractivity contribution < 1.29 is 19.1 Å². The van der Waals surface area contributed by atoms with Crippen LogP contribution in [0.3, 0.4) is 0 Å². The van der Waals surface area contributed by atoms with Gasteiger partial charge in [-0.15, -0.1) is 0 Å². The van der Waals surface area contributed by atoms with Gasteiger partial charge in [0, 0.05) is 0 Å². The highest BCUT2D eigenvalue weighted by atomic mass is 16.5. The van der Waals surface area contributed by atoms with E-state index in [4.69, 9.17) is 9.47 Å². The summed E-state index contributed by atoms with van der Waals surface area (Å²) in [5.74, 6) is 0.465. The molecule has 1 N–H and O–H groups in total. The first-order valence-corrected chi connectivity index (χ1v) is 7.55. The molecule has 5 nitrogen and oxygen atoms in total. The second-order valence-electron chi connectivity index (χ2n) is 5.53. The summed E-state index contributed by atoms with van der Waals surface area (Å²) in [6.45, 7) is 6.06. The molecule has 5 heteroatoms. The fourth-order valence-electron chi connectivity index (χ4n) is 2.10. The number of methoxy groups -OCH3 is 1. The molecule has 0 spiro atoms. The highest BCUT2D eigenvalue weighted by molar-refractivity contribution is 5.85. The molecular formula is C17H25NO4. The van der Waals surface area contributed by atoms with Crippen molar-refractivity contribution in [3.8, 4) is 5.75 Å². The molecule has 1 aromatic carbocycles. The van der Waals surface area contributed by atoms with E-state index >= 15 is 0 Å². The predicted molar refractivity (Wildman–Crippen MR) is 84.7 cm³/mol. The van der Waals surface area contributed by atoms with Gasteiger partial charge in [0.2, 0.25) is 5.91 Å². The number of esters is 1. The first-order chi connectivity index (χ1) is 10.5. The van der Waals surface area contributed by atoms with Crippen molar-refractivity contribution >= 4 is 11.9 Å². The maximum atomic E-state index is 12.1. The molecule has 22 heavy (non-hydrogen) atoms. The van der Waals surface area contributed by atoms with Crippen molar-refractivity contribution in [2.75, 3.05) is 13.7 Å². The lowest BCUT2D eigenvalue weighted by atomic mass is 10.0. The van der Waals surface area contributed by atoms with Crippen molar-refractivity contribution in [2.45, 2.75) is 39.7 Å². The fraction of sp³-hybridized carbons (Fsp3) is 0.529. The maximum absolute atomic E-state index is 12.1. The van der Waals surface area contributed by atoms with Crippen LogP contribution in [-0.4, -0.2) is 31.6 Å². The molecule has 1 rings (SSSR count). The monoisotopic (exact) mass is 307 g/mol. The molecule has 1 atom stereocenters. The van der Waals surface area contributed by atoms with Gasteiger partial charge in [-0.25, -0.2) is 4.79 Å². The number of benzene rings is 1. The molecule has 1 aromatic rings. The Morgan fingerprint density at radius 2 is 1.82 bits per heavy atom. The van der Waals surface area contributed by atoms with Crippen LogP contribution in [0.15, 0.2) is 24.3 Å². The average molecular weight is 307 g/mol. The van der Waals surface area contributed by atoms with E-state index in [2.05, 4.69) is 5.32 Å². The molecule has 0 fully saturated rings. The maximum Gasteiger partial charge on any atom is 0.328 e. The molecule has 0 aliphatic carbocycles. The molecule has 0 radical (unpaired) electrons. The SMILES string of the molecule is CCOC(=O)[C@H](CC(C)C)NC(=O)Cc1ccc(OC)cc1. The van der Waals surface area contributed by atoms with Crippen LogP contribution in [0.2, 0.25) is 0 Å². The molecule has 0 unspecified atom stereocenters. The van der Waals surface area contributed by atoms with Gasteiger partial charge in [-0.2, -0.15) is 0 Å². The van der Waals surface area contributed by atoms with E-state index in [1.807, 2.05) is 26.0 Å². The highest BCUT2D eigenvalue weighted by Gasteiger charge is 2.23. The normalized spacial score (nSPS) is 11.9. The van der Waals surface area contributed by atoms with Crippen molar-refractivity contribution in [1.82, 2.24) is 5.32 Å². The summed E-state index contributed by atoms with van der Waals surface area (Å²) in [4.78, 5) is 24.0. The Morgan fingerprint density at radius 1 is 1.18 bits per heavy atom. The summed E-state index contributed by atoms with van der Waals surface area (Å²) in [5, 5.41) is 2.77. The summed E-state index contributed by atoms with van der Waals surface area (Å²) in [6.07, 6.45) is 0.783. The standard InChI is InChI=1S/C17H25NO4/c1-5-22-17(20)15(10-12(2)3)18-16(19)11-13-6-8-14(21-4)9-7-13/h6-9,12,15H,5,10-11H2,1-4H3,(H,18,19)/t15-/m0/s1. The summed E-state index contributed by atoms with van der Waals surface area (Å²) in [6, 6.07) is 6.69. The molecule has 0 bridgehead atoms. The number of amides is 1. The molecule has 1 amide bonds. The summed E-state index contributed by atoms with van der Waals surface area (Å²) in [7, 11) is 1.59. The second kappa shape index (κ2) is 9.07. The van der Waals surface area contributed by atoms with Crippen LogP contribution < -0.4 is 10.1 Å². The minimum atomic E-state index is -0.592. The molecule has 0 aromatic heterocycles. The minimum absolute atomic E-state index is 0.191. The minimum Gasteiger partial charge on any atom is -0.497 e. The van der Waals surface area contributed by atoms with Gasteiger partial charge in [0.1, 0.15) is 11.8 Å². The Labute approximate surface area is 132 Å². The topological polar surface area (TPSA) is 64.6 Å². The van der Waals surface area contributed by atoms with E-state index in [-0.39, 0.29) is 24.2 Å². The Balaban J connectivity index is 2.62. The molecule has 0 aliphatic heterocycles. The van der Waals surface area contributed by atoms with E-state index in [9.17, 15) is 9.59 Å². The van der Waals surface area contributed by atoms with E-state index in [1.54, 1.807) is 26.2 Å². The van der Waals surface area contributed by atoms with Crippen LogP contribution in [0, 0.1) is 5.92 Å². The summed E-state index contributed by atoms with van der Waals surface area (Å²) < 4.78 is 10.1. The van der Waals surface area contributed by atoms with E-state index in [0.29, 0.717) is 13.0 Å². The van der Waals surface area contributed by atoms with E-state index < -0.39 is 6.04 Å². The zero-order valence-electron chi connectivity index (χ0n) is 13.7. The lowest BCUT2D eigenvalue weighted by molar-refractivity contribution is -0.147. The second-order valence-corrected chi connectivity index (χ2v) is 5.53. The summed E-state index contributed by atoms with van der Waals surface area (Å²) >= 11 is 0. The largest absolute Gasteiger partial charge is 0.497 e. The molecule has 122 valence electrons. The first-order valence-electron chi connectivity index (χ1n) is 7.55. The van der Waals surface area contributed by atoms with Gasteiger partial charge in [0.05, 0.1) is 20.1 Å². The molecule has 0 saturated heterocycles. The third kappa shape index (κ3) is 6.16. The van der Waals surface area contributed by atoms with Crippen LogP contribution in [0.5, 0.6) is 5.75 Å². The zero-order valence-corrected chi connectivity index (χ0v) is 13.7. The van der Waals surface area contributed by atoms with E-state index in [1.165, 1.54) is 0 Å². The zero-order chi connectivity index (χ0) is 16.5. The van der Waals surface area contributed by atoms with E-state index in [0.717, 1.165) is 11.3 Å². The van der Waals surface area contributed by atoms with Crippen molar-refractivity contribution in [2.24, 2.45) is 5.92 Å². The third-order valence-electron chi connectivity index (χ3n) is 3.14. The van der Waals surface area contributed by atoms with Gasteiger partial charge in [-0.1, -0.05) is 26.0 Å². The average Bonchev–Trinajstić information content (AvgIpc) is 2.47. The lowest BCUT2D eigenvalue weighted by Crippen LogP contribution is -2.43. The van der Waals surface area contributed by atoms with Gasteiger partial charge in [0.15, 0.2) is 0 Å². The first kappa shape index (κ1) is 18.0. The number of hydrogen-bond donors (Lipinski definition) is 1. The number of rotatable bonds is 8. The predicted octanol–water partition coefficient (Wildman–Crippen LogP) is 2.33. The van der Waals surface area contributed by atoms with Gasteiger partial charge in [0.25, 0.3) is 0 Å². The van der Waals surface area contributed by atoms with Crippen LogP contribution in [-0.2, 0) is 20.7 Å². The molecule has 0 saturated carbocycles. The van der Waals surface area contributed by atoms with Crippen LogP contribution in [0.25, 0.3) is 0 Å². The Hall–Kier alpha value is -2.04. The van der Waals surface area contributed by atoms with Gasteiger partial charge >= 0.3 is 5.97 Å². The molecular weight excluding hydrogens is 282 g/mol. The Kier molecular flexibility index (Phi) is 7.43. The highest BCUT2D eigenvalue weighted by Crippen LogP contribution is 2.12. The van der Waals surface area contributed by atoms with Crippen molar-refractivity contribution in [3.63, 3.8) is 0 Å². The smallest absolute Gasteiger partial charge is 0.328 e. The fourth-order valence-corrected chi connectivity index (χ4v) is 2.10. The van der Waals surface area contributed by atoms with Crippen LogP contribution >= 0.6 is 0 Å². The van der Waals surface area contributed by atoms with Crippen LogP contribution in [0.4, 0.5) is 0 Å². The molecule has 0 aliphatic rings. The number of carbonyl (C=O) groups is 2. The van der Waals surface area contributed by atoms with Gasteiger partial charge in [-0.05, 0) is 37.0 Å². The molecule has 0 heterocycles.